The Morgan fingerprint density at radius 3 is 2.74 bits per heavy atom. The van der Waals surface area contributed by atoms with Gasteiger partial charge in [0.1, 0.15) is 11.3 Å². The van der Waals surface area contributed by atoms with Crippen LogP contribution in [0.1, 0.15) is 17.3 Å². The Bertz CT molecular complexity index is 569. The SMILES string of the molecule is CCOC(=O)c1ccccc1Oc1ccc(Cl)cn1. The highest BCUT2D eigenvalue weighted by Gasteiger charge is 2.13. The molecule has 0 aliphatic carbocycles. The van der Waals surface area contributed by atoms with Crippen LogP contribution in [0.4, 0.5) is 0 Å². The number of rotatable bonds is 4. The van der Waals surface area contributed by atoms with E-state index in [2.05, 4.69) is 4.98 Å². The summed E-state index contributed by atoms with van der Waals surface area (Å²) < 4.78 is 10.5. The second kappa shape index (κ2) is 6.20. The molecule has 0 fully saturated rings. The van der Waals surface area contributed by atoms with Crippen LogP contribution < -0.4 is 4.74 Å². The molecule has 5 heteroatoms. The van der Waals surface area contributed by atoms with Crippen molar-refractivity contribution < 1.29 is 14.3 Å². The molecule has 0 saturated heterocycles. The van der Waals surface area contributed by atoms with Gasteiger partial charge < -0.3 is 9.47 Å². The second-order valence-electron chi connectivity index (χ2n) is 3.63. The molecule has 0 spiro atoms. The first-order chi connectivity index (χ1) is 9.20. The van der Waals surface area contributed by atoms with Gasteiger partial charge in [-0.25, -0.2) is 9.78 Å². The van der Waals surface area contributed by atoms with Crippen molar-refractivity contribution in [2.75, 3.05) is 6.61 Å². The summed E-state index contributed by atoms with van der Waals surface area (Å²) in [4.78, 5) is 15.8. The van der Waals surface area contributed by atoms with Gasteiger partial charge in [-0.15, -0.1) is 0 Å². The van der Waals surface area contributed by atoms with E-state index in [-0.39, 0.29) is 0 Å². The molecular weight excluding hydrogens is 266 g/mol. The Balaban J connectivity index is 2.24. The van der Waals surface area contributed by atoms with E-state index in [9.17, 15) is 4.79 Å². The van der Waals surface area contributed by atoms with Crippen LogP contribution in [0.2, 0.25) is 5.02 Å². The summed E-state index contributed by atoms with van der Waals surface area (Å²) >= 11 is 5.75. The lowest BCUT2D eigenvalue weighted by atomic mass is 10.2. The molecule has 98 valence electrons. The maximum absolute atomic E-state index is 11.8. The Labute approximate surface area is 115 Å². The maximum Gasteiger partial charge on any atom is 0.341 e. The molecule has 0 saturated carbocycles. The molecular formula is C14H12ClNO3. The smallest absolute Gasteiger partial charge is 0.341 e. The van der Waals surface area contributed by atoms with E-state index in [1.165, 1.54) is 6.20 Å². The van der Waals surface area contributed by atoms with Crippen LogP contribution in [-0.4, -0.2) is 17.6 Å². The van der Waals surface area contributed by atoms with Crippen LogP contribution in [0.15, 0.2) is 42.6 Å². The minimum Gasteiger partial charge on any atom is -0.462 e. The van der Waals surface area contributed by atoms with Gasteiger partial charge in [-0.2, -0.15) is 0 Å². The van der Waals surface area contributed by atoms with Gasteiger partial charge in [-0.05, 0) is 25.1 Å². The van der Waals surface area contributed by atoms with Crippen LogP contribution >= 0.6 is 11.6 Å². The number of pyridine rings is 1. The molecule has 0 unspecified atom stereocenters. The Hall–Kier alpha value is -2.07. The van der Waals surface area contributed by atoms with Crippen LogP contribution in [0.3, 0.4) is 0 Å². The van der Waals surface area contributed by atoms with Crippen molar-refractivity contribution in [1.29, 1.82) is 0 Å². The van der Waals surface area contributed by atoms with Gasteiger partial charge in [0, 0.05) is 12.3 Å². The number of para-hydroxylation sites is 1. The molecule has 19 heavy (non-hydrogen) atoms. The summed E-state index contributed by atoms with van der Waals surface area (Å²) in [6, 6.07) is 10.1. The van der Waals surface area contributed by atoms with Gasteiger partial charge in [-0.1, -0.05) is 23.7 Å². The predicted octanol–water partition coefficient (Wildman–Crippen LogP) is 3.70. The number of carbonyl (C=O) groups excluding carboxylic acids is 1. The minimum absolute atomic E-state index is 0.312. The molecule has 0 amide bonds. The van der Waals surface area contributed by atoms with Crippen molar-refractivity contribution in [3.05, 3.63) is 53.2 Å². The largest absolute Gasteiger partial charge is 0.462 e. The van der Waals surface area contributed by atoms with Gasteiger partial charge in [0.15, 0.2) is 0 Å². The number of nitrogens with zero attached hydrogens (tertiary/aromatic N) is 1. The van der Waals surface area contributed by atoms with E-state index in [1.807, 2.05) is 0 Å². The number of aromatic nitrogens is 1. The third kappa shape index (κ3) is 3.45. The molecule has 0 bridgehead atoms. The summed E-state index contributed by atoms with van der Waals surface area (Å²) in [5, 5.41) is 0.519. The topological polar surface area (TPSA) is 48.4 Å². The third-order valence-corrected chi connectivity index (χ3v) is 2.52. The fourth-order valence-electron chi connectivity index (χ4n) is 1.47. The van der Waals surface area contributed by atoms with E-state index < -0.39 is 5.97 Å². The molecule has 0 radical (unpaired) electrons. The third-order valence-electron chi connectivity index (χ3n) is 2.30. The average Bonchev–Trinajstić information content (AvgIpc) is 2.42. The first kappa shape index (κ1) is 13.4. The molecule has 0 N–H and O–H groups in total. The molecule has 0 aliphatic rings. The van der Waals surface area contributed by atoms with Crippen molar-refractivity contribution in [3.63, 3.8) is 0 Å². The van der Waals surface area contributed by atoms with Crippen molar-refractivity contribution >= 4 is 17.6 Å². The quantitative estimate of drug-likeness (QED) is 0.800. The lowest BCUT2D eigenvalue weighted by molar-refractivity contribution is 0.0523. The number of esters is 1. The molecule has 2 rings (SSSR count). The number of benzene rings is 1. The van der Waals surface area contributed by atoms with Crippen molar-refractivity contribution in [2.24, 2.45) is 0 Å². The zero-order valence-electron chi connectivity index (χ0n) is 10.3. The molecule has 0 aliphatic heterocycles. The van der Waals surface area contributed by atoms with E-state index in [0.717, 1.165) is 0 Å². The predicted molar refractivity (Wildman–Crippen MR) is 71.7 cm³/mol. The number of halogens is 1. The van der Waals surface area contributed by atoms with E-state index in [0.29, 0.717) is 28.8 Å². The van der Waals surface area contributed by atoms with Crippen LogP contribution in [-0.2, 0) is 4.74 Å². The highest BCUT2D eigenvalue weighted by atomic mass is 35.5. The van der Waals surface area contributed by atoms with E-state index in [1.54, 1.807) is 43.3 Å². The highest BCUT2D eigenvalue weighted by molar-refractivity contribution is 6.30. The molecule has 1 heterocycles. The summed E-state index contributed by atoms with van der Waals surface area (Å²) in [6.07, 6.45) is 1.48. The van der Waals surface area contributed by atoms with Gasteiger partial charge in [0.25, 0.3) is 0 Å². The average molecular weight is 278 g/mol. The molecule has 4 nitrogen and oxygen atoms in total. The normalized spacial score (nSPS) is 10.0. The highest BCUT2D eigenvalue weighted by Crippen LogP contribution is 2.25. The molecule has 0 atom stereocenters. The Morgan fingerprint density at radius 2 is 2.05 bits per heavy atom. The zero-order valence-corrected chi connectivity index (χ0v) is 11.1. The second-order valence-corrected chi connectivity index (χ2v) is 4.07. The lowest BCUT2D eigenvalue weighted by Gasteiger charge is -2.09. The van der Waals surface area contributed by atoms with Gasteiger partial charge >= 0.3 is 5.97 Å². The van der Waals surface area contributed by atoms with Crippen molar-refractivity contribution in [1.82, 2.24) is 4.98 Å². The number of hydrogen-bond donors (Lipinski definition) is 0. The maximum atomic E-state index is 11.8. The van der Waals surface area contributed by atoms with Crippen molar-refractivity contribution in [3.8, 4) is 11.6 Å². The Morgan fingerprint density at radius 1 is 1.26 bits per heavy atom. The molecule has 1 aromatic heterocycles. The van der Waals surface area contributed by atoms with E-state index >= 15 is 0 Å². The van der Waals surface area contributed by atoms with Crippen LogP contribution in [0.25, 0.3) is 0 Å². The first-order valence-corrected chi connectivity index (χ1v) is 6.14. The first-order valence-electron chi connectivity index (χ1n) is 5.76. The van der Waals surface area contributed by atoms with E-state index in [4.69, 9.17) is 21.1 Å². The monoisotopic (exact) mass is 277 g/mol. The van der Waals surface area contributed by atoms with Crippen LogP contribution in [0, 0.1) is 0 Å². The van der Waals surface area contributed by atoms with Gasteiger partial charge in [0.2, 0.25) is 5.88 Å². The summed E-state index contributed by atoms with van der Waals surface area (Å²) in [5.41, 5.74) is 0.362. The van der Waals surface area contributed by atoms with Crippen molar-refractivity contribution in [2.45, 2.75) is 6.92 Å². The van der Waals surface area contributed by atoms with Gasteiger partial charge in [-0.3, -0.25) is 0 Å². The lowest BCUT2D eigenvalue weighted by Crippen LogP contribution is -2.06. The van der Waals surface area contributed by atoms with Crippen LogP contribution in [0.5, 0.6) is 11.6 Å². The van der Waals surface area contributed by atoms with Gasteiger partial charge in [0.05, 0.1) is 11.6 Å². The number of ether oxygens (including phenoxy) is 2. The summed E-state index contributed by atoms with van der Waals surface area (Å²) in [5.74, 6) is 0.337. The molecule has 2 aromatic rings. The fraction of sp³-hybridized carbons (Fsp3) is 0.143. The summed E-state index contributed by atoms with van der Waals surface area (Å²) in [6.45, 7) is 2.06. The standard InChI is InChI=1S/C14H12ClNO3/c1-2-18-14(17)11-5-3-4-6-12(11)19-13-8-7-10(15)9-16-13/h3-9H,2H2,1H3. The molecule has 1 aromatic carbocycles. The minimum atomic E-state index is -0.424. The number of carbonyl (C=O) groups is 1. The fourth-order valence-corrected chi connectivity index (χ4v) is 1.58. The Kier molecular flexibility index (Phi) is 4.36. The zero-order chi connectivity index (χ0) is 13.7. The summed E-state index contributed by atoms with van der Waals surface area (Å²) in [7, 11) is 0. The number of hydrogen-bond acceptors (Lipinski definition) is 4.